The fourth-order valence-corrected chi connectivity index (χ4v) is 0.633. The second-order valence-corrected chi connectivity index (χ2v) is 3.18. The topological polar surface area (TPSA) is 55.6 Å². The number of rotatable bonds is 4. The van der Waals surface area contributed by atoms with Crippen molar-refractivity contribution in [1.29, 1.82) is 0 Å². The molecule has 0 radical (unpaired) electrons. The fraction of sp³-hybridized carbons (Fsp3) is 0.875. The fourth-order valence-electron chi connectivity index (χ4n) is 0.633. The van der Waals surface area contributed by atoms with E-state index < -0.39 is 0 Å². The van der Waals surface area contributed by atoms with Gasteiger partial charge in [0.25, 0.3) is 0 Å². The van der Waals surface area contributed by atoms with Gasteiger partial charge in [0, 0.05) is 20.1 Å². The van der Waals surface area contributed by atoms with E-state index in [2.05, 4.69) is 0 Å². The molecule has 72 valence electrons. The number of amides is 1. The molecule has 0 unspecified atom stereocenters. The predicted octanol–water partition coefficient (Wildman–Crippen LogP) is 0.670. The van der Waals surface area contributed by atoms with Crippen molar-refractivity contribution in [3.05, 3.63) is 0 Å². The van der Waals surface area contributed by atoms with E-state index in [-0.39, 0.29) is 6.09 Å². The number of likely N-dealkylation sites (N-methyl/N-ethyl adjacent to an activating group) is 1. The van der Waals surface area contributed by atoms with Crippen molar-refractivity contribution in [2.45, 2.75) is 13.8 Å². The summed E-state index contributed by atoms with van der Waals surface area (Å²) in [6.45, 7) is 5.46. The molecule has 12 heavy (non-hydrogen) atoms. The maximum absolute atomic E-state index is 11.1. The average Bonchev–Trinajstić information content (AvgIpc) is 2.00. The van der Waals surface area contributed by atoms with E-state index in [4.69, 9.17) is 10.5 Å². The van der Waals surface area contributed by atoms with E-state index in [1.165, 1.54) is 4.90 Å². The first-order valence-corrected chi connectivity index (χ1v) is 4.16. The second-order valence-electron chi connectivity index (χ2n) is 3.18. The summed E-state index contributed by atoms with van der Waals surface area (Å²) >= 11 is 0. The van der Waals surface area contributed by atoms with E-state index in [9.17, 15) is 4.79 Å². The quantitative estimate of drug-likeness (QED) is 0.681. The molecule has 0 heterocycles. The minimum absolute atomic E-state index is 0.297. The van der Waals surface area contributed by atoms with Crippen LogP contribution in [0.2, 0.25) is 0 Å². The molecule has 0 spiro atoms. The first-order chi connectivity index (χ1) is 5.57. The number of hydrogen-bond acceptors (Lipinski definition) is 3. The summed E-state index contributed by atoms with van der Waals surface area (Å²) < 4.78 is 4.95. The Morgan fingerprint density at radius 3 is 2.58 bits per heavy atom. The molecule has 0 aromatic carbocycles. The number of nitrogens with zero attached hydrogens (tertiary/aromatic N) is 1. The van der Waals surface area contributed by atoms with Crippen molar-refractivity contribution < 1.29 is 9.53 Å². The summed E-state index contributed by atoms with van der Waals surface area (Å²) in [4.78, 5) is 12.6. The number of carbonyl (C=O) groups is 1. The van der Waals surface area contributed by atoms with Crippen LogP contribution in [-0.2, 0) is 4.74 Å². The van der Waals surface area contributed by atoms with Crippen LogP contribution in [-0.4, -0.2) is 37.7 Å². The van der Waals surface area contributed by atoms with Gasteiger partial charge in [0.15, 0.2) is 0 Å². The number of hydrogen-bond donors (Lipinski definition) is 1. The smallest absolute Gasteiger partial charge is 0.409 e. The average molecular weight is 174 g/mol. The maximum atomic E-state index is 11.1. The summed E-state index contributed by atoms with van der Waals surface area (Å²) in [5.74, 6) is 0.375. The minimum atomic E-state index is -0.297. The molecule has 4 heteroatoms. The second kappa shape index (κ2) is 5.83. The Balaban J connectivity index is 3.57. The van der Waals surface area contributed by atoms with E-state index in [0.29, 0.717) is 25.6 Å². The zero-order valence-electron chi connectivity index (χ0n) is 8.04. The third kappa shape index (κ3) is 4.96. The van der Waals surface area contributed by atoms with Crippen LogP contribution < -0.4 is 5.73 Å². The molecule has 0 aliphatic carbocycles. The van der Waals surface area contributed by atoms with Gasteiger partial charge in [0.1, 0.15) is 0 Å². The van der Waals surface area contributed by atoms with Gasteiger partial charge in [-0.15, -0.1) is 0 Å². The lowest BCUT2D eigenvalue weighted by Crippen LogP contribution is -2.32. The monoisotopic (exact) mass is 174 g/mol. The molecule has 0 rings (SSSR count). The van der Waals surface area contributed by atoms with Gasteiger partial charge in [-0.1, -0.05) is 13.8 Å². The molecule has 0 aliphatic rings. The van der Waals surface area contributed by atoms with Crippen LogP contribution in [0.1, 0.15) is 13.8 Å². The molecule has 0 atom stereocenters. The predicted molar refractivity (Wildman–Crippen MR) is 47.9 cm³/mol. The van der Waals surface area contributed by atoms with Crippen LogP contribution in [0.3, 0.4) is 0 Å². The van der Waals surface area contributed by atoms with Crippen molar-refractivity contribution in [2.24, 2.45) is 11.7 Å². The standard InChI is InChI=1S/C8H18N2O2/c1-7(2)6-12-8(11)10(3)5-4-9/h7H,4-6,9H2,1-3H3. The third-order valence-electron chi connectivity index (χ3n) is 1.32. The summed E-state index contributed by atoms with van der Waals surface area (Å²) in [6, 6.07) is 0. The molecule has 0 bridgehead atoms. The molecule has 0 saturated heterocycles. The first kappa shape index (κ1) is 11.2. The number of nitrogens with two attached hydrogens (primary N) is 1. The molecule has 0 aromatic heterocycles. The van der Waals surface area contributed by atoms with Gasteiger partial charge in [-0.2, -0.15) is 0 Å². The largest absolute Gasteiger partial charge is 0.449 e. The summed E-state index contributed by atoms with van der Waals surface area (Å²) in [7, 11) is 1.68. The van der Waals surface area contributed by atoms with Gasteiger partial charge in [-0.25, -0.2) is 4.79 Å². The van der Waals surface area contributed by atoms with Crippen LogP contribution in [0.4, 0.5) is 4.79 Å². The van der Waals surface area contributed by atoms with Crippen molar-refractivity contribution in [3.63, 3.8) is 0 Å². The van der Waals surface area contributed by atoms with Gasteiger partial charge in [0.2, 0.25) is 0 Å². The molecule has 1 amide bonds. The van der Waals surface area contributed by atoms with Crippen molar-refractivity contribution in [2.75, 3.05) is 26.7 Å². The number of carbonyl (C=O) groups excluding carboxylic acids is 1. The number of ether oxygens (including phenoxy) is 1. The summed E-state index contributed by atoms with van der Waals surface area (Å²) in [5, 5.41) is 0. The van der Waals surface area contributed by atoms with E-state index in [1.807, 2.05) is 13.8 Å². The summed E-state index contributed by atoms with van der Waals surface area (Å²) in [6.07, 6.45) is -0.297. The van der Waals surface area contributed by atoms with Crippen LogP contribution in [0.5, 0.6) is 0 Å². The SMILES string of the molecule is CC(C)COC(=O)N(C)CCN. The maximum Gasteiger partial charge on any atom is 0.409 e. The molecule has 0 aliphatic heterocycles. The highest BCUT2D eigenvalue weighted by Crippen LogP contribution is 1.95. The summed E-state index contributed by atoms with van der Waals surface area (Å²) in [5.41, 5.74) is 5.27. The Labute approximate surface area is 73.7 Å². The van der Waals surface area contributed by atoms with Crippen molar-refractivity contribution in [3.8, 4) is 0 Å². The van der Waals surface area contributed by atoms with E-state index >= 15 is 0 Å². The highest BCUT2D eigenvalue weighted by atomic mass is 16.6. The van der Waals surface area contributed by atoms with Crippen LogP contribution in [0.15, 0.2) is 0 Å². The lowest BCUT2D eigenvalue weighted by atomic mass is 10.2. The zero-order chi connectivity index (χ0) is 9.56. The Morgan fingerprint density at radius 1 is 1.58 bits per heavy atom. The Morgan fingerprint density at radius 2 is 2.17 bits per heavy atom. The Kier molecular flexibility index (Phi) is 5.45. The lowest BCUT2D eigenvalue weighted by molar-refractivity contribution is 0.101. The van der Waals surface area contributed by atoms with Gasteiger partial charge in [-0.05, 0) is 5.92 Å². The lowest BCUT2D eigenvalue weighted by Gasteiger charge is -2.16. The van der Waals surface area contributed by atoms with Crippen molar-refractivity contribution >= 4 is 6.09 Å². The Bertz CT molecular complexity index is 137. The molecule has 0 fully saturated rings. The molecular weight excluding hydrogens is 156 g/mol. The van der Waals surface area contributed by atoms with Gasteiger partial charge >= 0.3 is 6.09 Å². The van der Waals surface area contributed by atoms with Crippen molar-refractivity contribution in [1.82, 2.24) is 4.90 Å². The van der Waals surface area contributed by atoms with E-state index in [0.717, 1.165) is 0 Å². The molecule has 2 N–H and O–H groups in total. The molecule has 0 saturated carbocycles. The highest BCUT2D eigenvalue weighted by molar-refractivity contribution is 5.67. The normalized spacial score (nSPS) is 10.1. The molecule has 0 aromatic rings. The first-order valence-electron chi connectivity index (χ1n) is 4.16. The highest BCUT2D eigenvalue weighted by Gasteiger charge is 2.08. The minimum Gasteiger partial charge on any atom is -0.449 e. The van der Waals surface area contributed by atoms with Crippen LogP contribution >= 0.6 is 0 Å². The molecule has 4 nitrogen and oxygen atoms in total. The van der Waals surface area contributed by atoms with Crippen LogP contribution in [0, 0.1) is 5.92 Å². The van der Waals surface area contributed by atoms with Crippen LogP contribution in [0.25, 0.3) is 0 Å². The molecular formula is C8H18N2O2. The van der Waals surface area contributed by atoms with Gasteiger partial charge in [-0.3, -0.25) is 0 Å². The van der Waals surface area contributed by atoms with Gasteiger partial charge < -0.3 is 15.4 Å². The van der Waals surface area contributed by atoms with Gasteiger partial charge in [0.05, 0.1) is 6.61 Å². The third-order valence-corrected chi connectivity index (χ3v) is 1.32. The zero-order valence-corrected chi connectivity index (χ0v) is 8.04. The Hall–Kier alpha value is -0.770. The van der Waals surface area contributed by atoms with E-state index in [1.54, 1.807) is 7.05 Å².